The monoisotopic (exact) mass is 336 g/mol. The second kappa shape index (κ2) is 5.02. The van der Waals surface area contributed by atoms with Crippen LogP contribution in [0.25, 0.3) is 0 Å². The fourth-order valence-corrected chi connectivity index (χ4v) is 7.23. The lowest BCUT2D eigenvalue weighted by atomic mass is 10.1. The summed E-state index contributed by atoms with van der Waals surface area (Å²) in [5.74, 6) is 0.349. The molecule has 17 heavy (non-hydrogen) atoms. The fraction of sp³-hybridized carbons (Fsp3) is 0.667. The molecule has 0 N–H and O–H groups in total. The Balaban J connectivity index is 2.31. The van der Waals surface area contributed by atoms with Crippen LogP contribution in [-0.2, 0) is 9.84 Å². The Hall–Kier alpha value is 0.130. The summed E-state index contributed by atoms with van der Waals surface area (Å²) in [6.07, 6.45) is 2.63. The van der Waals surface area contributed by atoms with Crippen LogP contribution in [0.4, 0.5) is 0 Å². The first-order valence-corrected chi connectivity index (χ1v) is 9.29. The van der Waals surface area contributed by atoms with Gasteiger partial charge >= 0.3 is 0 Å². The highest BCUT2D eigenvalue weighted by Crippen LogP contribution is 2.40. The van der Waals surface area contributed by atoms with E-state index in [1.165, 1.54) is 9.75 Å². The Bertz CT molecular complexity index is 505. The van der Waals surface area contributed by atoms with Crippen molar-refractivity contribution in [2.24, 2.45) is 0 Å². The van der Waals surface area contributed by atoms with Crippen LogP contribution in [-0.4, -0.2) is 19.4 Å². The Morgan fingerprint density at radius 1 is 1.41 bits per heavy atom. The van der Waals surface area contributed by atoms with Gasteiger partial charge in [-0.25, -0.2) is 8.42 Å². The van der Waals surface area contributed by atoms with Crippen molar-refractivity contribution in [3.63, 3.8) is 0 Å². The zero-order valence-electron chi connectivity index (χ0n) is 10.1. The number of hydrogen-bond donors (Lipinski definition) is 0. The fourth-order valence-electron chi connectivity index (χ4n) is 2.43. The number of alkyl halides is 1. The molecule has 1 aromatic heterocycles. The third-order valence-electron chi connectivity index (χ3n) is 3.33. The van der Waals surface area contributed by atoms with Crippen LogP contribution >= 0.6 is 27.3 Å². The van der Waals surface area contributed by atoms with Crippen LogP contribution in [0.15, 0.2) is 6.07 Å². The molecule has 0 aromatic carbocycles. The molecule has 1 saturated heterocycles. The van der Waals surface area contributed by atoms with E-state index >= 15 is 0 Å². The third kappa shape index (κ3) is 2.76. The predicted molar refractivity (Wildman–Crippen MR) is 76.9 cm³/mol. The molecule has 1 aliphatic heterocycles. The summed E-state index contributed by atoms with van der Waals surface area (Å²) in [5, 5.41) is -0.246. The van der Waals surface area contributed by atoms with E-state index in [1.807, 2.05) is 0 Å². The molecule has 5 heteroatoms. The van der Waals surface area contributed by atoms with Gasteiger partial charge in [-0.15, -0.1) is 11.3 Å². The quantitative estimate of drug-likeness (QED) is 0.770. The molecule has 0 aliphatic carbocycles. The summed E-state index contributed by atoms with van der Waals surface area (Å²) in [5.41, 5.74) is 1.16. The van der Waals surface area contributed by atoms with Gasteiger partial charge in [0, 0.05) is 9.75 Å². The van der Waals surface area contributed by atoms with Crippen LogP contribution in [0.5, 0.6) is 0 Å². The van der Waals surface area contributed by atoms with Crippen molar-refractivity contribution in [1.82, 2.24) is 0 Å². The van der Waals surface area contributed by atoms with Crippen molar-refractivity contribution in [3.8, 4) is 0 Å². The van der Waals surface area contributed by atoms with E-state index in [-0.39, 0.29) is 10.1 Å². The van der Waals surface area contributed by atoms with Crippen molar-refractivity contribution in [1.29, 1.82) is 0 Å². The number of thiophene rings is 1. The summed E-state index contributed by atoms with van der Waals surface area (Å²) in [4.78, 5) is 2.43. The third-order valence-corrected chi connectivity index (χ3v) is 8.08. The zero-order valence-corrected chi connectivity index (χ0v) is 13.3. The van der Waals surface area contributed by atoms with Gasteiger partial charge in [0.2, 0.25) is 0 Å². The smallest absolute Gasteiger partial charge is 0.154 e. The lowest BCUT2D eigenvalue weighted by Crippen LogP contribution is -2.31. The molecule has 1 aromatic rings. The van der Waals surface area contributed by atoms with Crippen LogP contribution in [0.1, 0.15) is 39.4 Å². The number of sulfone groups is 1. The molecule has 0 radical (unpaired) electrons. The second-order valence-corrected chi connectivity index (χ2v) is 9.46. The van der Waals surface area contributed by atoms with Crippen LogP contribution in [0, 0.1) is 13.8 Å². The van der Waals surface area contributed by atoms with E-state index in [9.17, 15) is 8.42 Å². The maximum atomic E-state index is 12.1. The standard InChI is InChI=1S/C12H17BrO2S2/c1-8-7-10(9(2)16-8)12(13)11-5-3-4-6-17(11,14)15/h7,11-12H,3-6H2,1-2H3. The molecule has 96 valence electrons. The SMILES string of the molecule is Cc1cc(C(Br)C2CCCCS2(=O)=O)c(C)s1. The second-order valence-electron chi connectivity index (χ2n) is 4.67. The summed E-state index contributed by atoms with van der Waals surface area (Å²) in [7, 11) is -2.92. The van der Waals surface area contributed by atoms with Gasteiger partial charge in [-0.3, -0.25) is 0 Å². The Labute approximate surface area is 115 Å². The van der Waals surface area contributed by atoms with E-state index in [0.29, 0.717) is 5.75 Å². The molecular formula is C12H17BrO2S2. The first-order valence-electron chi connectivity index (χ1n) is 5.84. The molecule has 2 unspecified atom stereocenters. The van der Waals surface area contributed by atoms with Gasteiger partial charge in [-0.1, -0.05) is 22.4 Å². The number of aryl methyl sites for hydroxylation is 2. The van der Waals surface area contributed by atoms with Crippen LogP contribution < -0.4 is 0 Å². The van der Waals surface area contributed by atoms with Gasteiger partial charge in [0.25, 0.3) is 0 Å². The van der Waals surface area contributed by atoms with Gasteiger partial charge in [0.05, 0.1) is 15.8 Å². The van der Waals surface area contributed by atoms with Gasteiger partial charge in [0.15, 0.2) is 9.84 Å². The van der Waals surface area contributed by atoms with Crippen molar-refractivity contribution in [2.75, 3.05) is 5.75 Å². The minimum Gasteiger partial charge on any atom is -0.228 e. The van der Waals surface area contributed by atoms with E-state index in [1.54, 1.807) is 11.3 Å². The first kappa shape index (κ1) is 13.6. The first-order chi connectivity index (χ1) is 7.92. The number of halogens is 1. The van der Waals surface area contributed by atoms with Crippen molar-refractivity contribution >= 4 is 37.1 Å². The van der Waals surface area contributed by atoms with Gasteiger partial charge in [-0.05, 0) is 38.3 Å². The molecular weight excluding hydrogens is 320 g/mol. The summed E-state index contributed by atoms with van der Waals surface area (Å²) >= 11 is 5.35. The molecule has 1 fully saturated rings. The van der Waals surface area contributed by atoms with Crippen LogP contribution in [0.3, 0.4) is 0 Å². The highest BCUT2D eigenvalue weighted by Gasteiger charge is 2.35. The average Bonchev–Trinajstić information content (AvgIpc) is 2.56. The lowest BCUT2D eigenvalue weighted by Gasteiger charge is -2.26. The molecule has 2 rings (SSSR count). The lowest BCUT2D eigenvalue weighted by molar-refractivity contribution is 0.537. The summed E-state index contributed by atoms with van der Waals surface area (Å²) < 4.78 is 24.2. The summed E-state index contributed by atoms with van der Waals surface area (Å²) in [6.45, 7) is 4.13. The van der Waals surface area contributed by atoms with Crippen molar-refractivity contribution in [3.05, 3.63) is 21.4 Å². The molecule has 1 aliphatic rings. The van der Waals surface area contributed by atoms with Gasteiger partial charge in [-0.2, -0.15) is 0 Å². The maximum Gasteiger partial charge on any atom is 0.154 e. The van der Waals surface area contributed by atoms with Gasteiger partial charge in [0.1, 0.15) is 0 Å². The van der Waals surface area contributed by atoms with Crippen molar-refractivity contribution in [2.45, 2.75) is 43.2 Å². The molecule has 2 atom stereocenters. The topological polar surface area (TPSA) is 34.1 Å². The largest absolute Gasteiger partial charge is 0.228 e. The van der Waals surface area contributed by atoms with Crippen LogP contribution in [0.2, 0.25) is 0 Å². The van der Waals surface area contributed by atoms with E-state index < -0.39 is 9.84 Å². The molecule has 2 nitrogen and oxygen atoms in total. The number of rotatable bonds is 2. The predicted octanol–water partition coefficient (Wildman–Crippen LogP) is 3.77. The van der Waals surface area contributed by atoms with Gasteiger partial charge < -0.3 is 0 Å². The Morgan fingerprint density at radius 2 is 2.12 bits per heavy atom. The maximum absolute atomic E-state index is 12.1. The molecule has 0 saturated carbocycles. The Kier molecular flexibility index (Phi) is 4.00. The molecule has 0 bridgehead atoms. The van der Waals surface area contributed by atoms with E-state index in [0.717, 1.165) is 24.8 Å². The number of hydrogen-bond acceptors (Lipinski definition) is 3. The molecule has 2 heterocycles. The molecule has 0 spiro atoms. The normalized spacial score (nSPS) is 25.7. The van der Waals surface area contributed by atoms with E-state index in [2.05, 4.69) is 35.8 Å². The highest BCUT2D eigenvalue weighted by molar-refractivity contribution is 9.09. The Morgan fingerprint density at radius 3 is 2.65 bits per heavy atom. The van der Waals surface area contributed by atoms with E-state index in [4.69, 9.17) is 0 Å². The minimum absolute atomic E-state index is 0.0438. The highest BCUT2D eigenvalue weighted by atomic mass is 79.9. The molecule has 0 amide bonds. The van der Waals surface area contributed by atoms with Crippen molar-refractivity contribution < 1.29 is 8.42 Å². The minimum atomic E-state index is -2.92. The zero-order chi connectivity index (χ0) is 12.6. The summed E-state index contributed by atoms with van der Waals surface area (Å²) in [6, 6.07) is 2.11. The average molecular weight is 337 g/mol.